The Morgan fingerprint density at radius 3 is 2.45 bits per heavy atom. The molecule has 0 saturated carbocycles. The highest BCUT2D eigenvalue weighted by Gasteiger charge is 2.27. The van der Waals surface area contributed by atoms with Crippen LogP contribution in [0.5, 0.6) is 11.5 Å². The Bertz CT molecular complexity index is 1020. The Hall–Kier alpha value is -2.76. The first-order valence-corrected chi connectivity index (χ1v) is 10.8. The molecule has 0 atom stereocenters. The first-order chi connectivity index (χ1) is 13.7. The van der Waals surface area contributed by atoms with Gasteiger partial charge in [-0.3, -0.25) is 4.79 Å². The third kappa shape index (κ3) is 4.63. The van der Waals surface area contributed by atoms with Gasteiger partial charge in [-0.05, 0) is 24.3 Å². The summed E-state index contributed by atoms with van der Waals surface area (Å²) in [4.78, 5) is 23.2. The molecular formula is C18H23N5O5S. The number of carbonyl (C=O) groups excluding carboxylic acids is 1. The molecule has 0 spiro atoms. The molecule has 0 radical (unpaired) electrons. The summed E-state index contributed by atoms with van der Waals surface area (Å²) >= 11 is 0. The van der Waals surface area contributed by atoms with Crippen LogP contribution in [0.25, 0.3) is 11.4 Å². The SMILES string of the molecule is COc1ccc(-c2nc(CN)cc(C(=O)N3CCN(S(C)(=O)=O)CC3)n2)cc1O. The lowest BCUT2D eigenvalue weighted by Gasteiger charge is -2.33. The lowest BCUT2D eigenvalue weighted by atomic mass is 10.1. The second-order valence-electron chi connectivity index (χ2n) is 6.61. The third-order valence-corrected chi connectivity index (χ3v) is 5.94. The number of nitrogens with two attached hydrogens (primary N) is 1. The van der Waals surface area contributed by atoms with Gasteiger partial charge >= 0.3 is 0 Å². The van der Waals surface area contributed by atoms with Crippen LogP contribution in [0, 0.1) is 0 Å². The van der Waals surface area contributed by atoms with Crippen molar-refractivity contribution in [2.75, 3.05) is 39.5 Å². The first-order valence-electron chi connectivity index (χ1n) is 8.92. The predicted molar refractivity (Wildman–Crippen MR) is 106 cm³/mol. The predicted octanol–water partition coefficient (Wildman–Crippen LogP) is 0.0339. The Morgan fingerprint density at radius 2 is 1.90 bits per heavy atom. The molecule has 29 heavy (non-hydrogen) atoms. The largest absolute Gasteiger partial charge is 0.504 e. The molecule has 3 N–H and O–H groups in total. The van der Waals surface area contributed by atoms with Gasteiger partial charge in [0.05, 0.1) is 19.1 Å². The van der Waals surface area contributed by atoms with E-state index in [0.717, 1.165) is 6.26 Å². The highest BCUT2D eigenvalue weighted by atomic mass is 32.2. The number of carbonyl (C=O) groups is 1. The van der Waals surface area contributed by atoms with Crippen LogP contribution in [0.4, 0.5) is 0 Å². The van der Waals surface area contributed by atoms with E-state index >= 15 is 0 Å². The van der Waals surface area contributed by atoms with Gasteiger partial charge in [0.2, 0.25) is 10.0 Å². The number of ether oxygens (including phenoxy) is 1. The maximum atomic E-state index is 12.9. The zero-order valence-corrected chi connectivity index (χ0v) is 17.0. The number of hydrogen-bond acceptors (Lipinski definition) is 8. The molecule has 11 heteroatoms. The minimum Gasteiger partial charge on any atom is -0.504 e. The van der Waals surface area contributed by atoms with Gasteiger partial charge < -0.3 is 20.5 Å². The van der Waals surface area contributed by atoms with Gasteiger partial charge in [0.1, 0.15) is 5.69 Å². The van der Waals surface area contributed by atoms with Crippen molar-refractivity contribution in [3.05, 3.63) is 35.7 Å². The smallest absolute Gasteiger partial charge is 0.272 e. The molecule has 1 aliphatic heterocycles. The molecule has 0 unspecified atom stereocenters. The number of aromatic nitrogens is 2. The number of amides is 1. The van der Waals surface area contributed by atoms with Crippen molar-refractivity contribution in [1.82, 2.24) is 19.2 Å². The fourth-order valence-electron chi connectivity index (χ4n) is 3.05. The highest BCUT2D eigenvalue weighted by Crippen LogP contribution is 2.30. The van der Waals surface area contributed by atoms with Gasteiger partial charge in [0.25, 0.3) is 5.91 Å². The van der Waals surface area contributed by atoms with E-state index in [1.54, 1.807) is 17.0 Å². The fraction of sp³-hybridized carbons (Fsp3) is 0.389. The average Bonchev–Trinajstić information content (AvgIpc) is 2.72. The number of rotatable bonds is 5. The summed E-state index contributed by atoms with van der Waals surface area (Å²) in [5.74, 6) is 0.165. The van der Waals surface area contributed by atoms with E-state index < -0.39 is 10.0 Å². The molecule has 0 aliphatic carbocycles. The lowest BCUT2D eigenvalue weighted by molar-refractivity contribution is 0.0692. The first kappa shape index (κ1) is 21.0. The minimum absolute atomic E-state index is 0.0727. The molecule has 2 heterocycles. The number of sulfonamides is 1. The van der Waals surface area contributed by atoms with Gasteiger partial charge in [-0.1, -0.05) is 0 Å². The summed E-state index contributed by atoms with van der Waals surface area (Å²) in [5, 5.41) is 10.0. The van der Waals surface area contributed by atoms with Crippen LogP contribution in [0.15, 0.2) is 24.3 Å². The molecule has 1 fully saturated rings. The zero-order valence-electron chi connectivity index (χ0n) is 16.2. The van der Waals surface area contributed by atoms with Crippen LogP contribution in [0.1, 0.15) is 16.2 Å². The lowest BCUT2D eigenvalue weighted by Crippen LogP contribution is -2.50. The number of methoxy groups -OCH3 is 1. The molecule has 2 aromatic rings. The van der Waals surface area contributed by atoms with Crippen LogP contribution in [-0.2, 0) is 16.6 Å². The van der Waals surface area contributed by atoms with Crippen molar-refractivity contribution in [2.45, 2.75) is 6.54 Å². The van der Waals surface area contributed by atoms with Gasteiger partial charge in [0, 0.05) is 38.3 Å². The van der Waals surface area contributed by atoms with Crippen molar-refractivity contribution in [2.24, 2.45) is 5.73 Å². The van der Waals surface area contributed by atoms with Crippen molar-refractivity contribution < 1.29 is 23.1 Å². The number of nitrogens with zero attached hydrogens (tertiary/aromatic N) is 4. The third-order valence-electron chi connectivity index (χ3n) is 4.64. The van der Waals surface area contributed by atoms with Crippen molar-refractivity contribution in [3.8, 4) is 22.9 Å². The van der Waals surface area contributed by atoms with Crippen molar-refractivity contribution >= 4 is 15.9 Å². The second-order valence-corrected chi connectivity index (χ2v) is 8.60. The number of phenolic OH excluding ortho intramolecular Hbond substituents is 1. The zero-order chi connectivity index (χ0) is 21.2. The molecule has 3 rings (SSSR count). The summed E-state index contributed by atoms with van der Waals surface area (Å²) < 4.78 is 29.7. The van der Waals surface area contributed by atoms with E-state index in [4.69, 9.17) is 10.5 Å². The number of phenols is 1. The summed E-state index contributed by atoms with van der Waals surface area (Å²) in [6, 6.07) is 6.23. The van der Waals surface area contributed by atoms with Gasteiger partial charge in [-0.15, -0.1) is 0 Å². The van der Waals surface area contributed by atoms with E-state index in [1.165, 1.54) is 23.5 Å². The molecule has 1 amide bonds. The van der Waals surface area contributed by atoms with E-state index in [0.29, 0.717) is 17.0 Å². The van der Waals surface area contributed by atoms with Gasteiger partial charge in [0.15, 0.2) is 17.3 Å². The number of piperazine rings is 1. The van der Waals surface area contributed by atoms with Crippen LogP contribution in [-0.4, -0.2) is 78.1 Å². The topological polar surface area (TPSA) is 139 Å². The monoisotopic (exact) mass is 421 g/mol. The molecule has 1 aromatic carbocycles. The normalized spacial score (nSPS) is 15.3. The molecule has 1 aliphatic rings. The maximum Gasteiger partial charge on any atom is 0.272 e. The molecule has 1 aromatic heterocycles. The summed E-state index contributed by atoms with van der Waals surface area (Å²) in [6.45, 7) is 1.12. The molecule has 0 bridgehead atoms. The summed E-state index contributed by atoms with van der Waals surface area (Å²) in [6.07, 6.45) is 1.15. The molecule has 1 saturated heterocycles. The van der Waals surface area contributed by atoms with Crippen LogP contribution >= 0.6 is 0 Å². The second kappa shape index (κ2) is 8.31. The van der Waals surface area contributed by atoms with E-state index in [1.807, 2.05) is 0 Å². The highest BCUT2D eigenvalue weighted by molar-refractivity contribution is 7.88. The average molecular weight is 421 g/mol. The summed E-state index contributed by atoms with van der Waals surface area (Å²) in [7, 11) is -1.84. The Labute approximate surface area is 169 Å². The van der Waals surface area contributed by atoms with Crippen LogP contribution < -0.4 is 10.5 Å². The van der Waals surface area contributed by atoms with Gasteiger partial charge in [-0.25, -0.2) is 18.4 Å². The minimum atomic E-state index is -3.28. The molecular weight excluding hydrogens is 398 g/mol. The van der Waals surface area contributed by atoms with E-state index in [9.17, 15) is 18.3 Å². The fourth-order valence-corrected chi connectivity index (χ4v) is 3.88. The maximum absolute atomic E-state index is 12.9. The number of benzene rings is 1. The molecule has 156 valence electrons. The standard InChI is InChI=1S/C18H23N5O5S/c1-28-16-4-3-12(9-15(16)24)17-20-13(11-19)10-14(21-17)18(25)22-5-7-23(8-6-22)29(2,26)27/h3-4,9-10,24H,5-8,11,19H2,1-2H3. The number of aromatic hydroxyl groups is 1. The van der Waals surface area contributed by atoms with Crippen molar-refractivity contribution in [3.63, 3.8) is 0 Å². The Morgan fingerprint density at radius 1 is 1.21 bits per heavy atom. The van der Waals surface area contributed by atoms with Gasteiger partial charge in [-0.2, -0.15) is 4.31 Å². The number of hydrogen-bond donors (Lipinski definition) is 2. The Balaban J connectivity index is 1.87. The van der Waals surface area contributed by atoms with E-state index in [-0.39, 0.29) is 55.9 Å². The quantitative estimate of drug-likeness (QED) is 0.690. The van der Waals surface area contributed by atoms with Crippen molar-refractivity contribution in [1.29, 1.82) is 0 Å². The van der Waals surface area contributed by atoms with Crippen LogP contribution in [0.3, 0.4) is 0 Å². The molecule has 10 nitrogen and oxygen atoms in total. The summed E-state index contributed by atoms with van der Waals surface area (Å²) in [5.41, 5.74) is 6.88. The van der Waals surface area contributed by atoms with Crippen LogP contribution in [0.2, 0.25) is 0 Å². The van der Waals surface area contributed by atoms with E-state index in [2.05, 4.69) is 9.97 Å². The Kier molecular flexibility index (Phi) is 6.01.